The minimum absolute atomic E-state index is 0.000960. The van der Waals surface area contributed by atoms with Crippen molar-refractivity contribution < 1.29 is 18.7 Å². The Kier molecular flexibility index (Phi) is 6.56. The summed E-state index contributed by atoms with van der Waals surface area (Å²) < 4.78 is 28.8. The number of hydrogen-bond donors (Lipinski definition) is 3. The van der Waals surface area contributed by atoms with Gasteiger partial charge in [0, 0.05) is 47.6 Å². The molecule has 2 aliphatic rings. The Hall–Kier alpha value is -3.13. The summed E-state index contributed by atoms with van der Waals surface area (Å²) in [4.78, 5) is 21.4. The molecule has 0 spiro atoms. The molecule has 1 aliphatic carbocycles. The molecule has 1 amide bonds. The lowest BCUT2D eigenvalue weighted by molar-refractivity contribution is 0.0941. The first-order valence-electron chi connectivity index (χ1n) is 11.2. The van der Waals surface area contributed by atoms with Crippen molar-refractivity contribution in [2.45, 2.75) is 39.2 Å². The molecule has 0 bridgehead atoms. The lowest BCUT2D eigenvalue weighted by Crippen LogP contribution is -2.41. The van der Waals surface area contributed by atoms with Crippen molar-refractivity contribution in [3.8, 4) is 17.0 Å². The third-order valence-electron chi connectivity index (χ3n) is 6.53. The highest BCUT2D eigenvalue weighted by Crippen LogP contribution is 2.40. The number of allylic oxidation sites excluding steroid dienone is 1. The van der Waals surface area contributed by atoms with Crippen LogP contribution in [0.3, 0.4) is 0 Å². The van der Waals surface area contributed by atoms with Crippen LogP contribution in [0.2, 0.25) is 0 Å². The van der Waals surface area contributed by atoms with Crippen LogP contribution in [0.4, 0.5) is 8.78 Å². The monoisotopic (exact) mass is 454 g/mol. The summed E-state index contributed by atoms with van der Waals surface area (Å²) in [6.45, 7) is 4.23. The van der Waals surface area contributed by atoms with Crippen LogP contribution in [-0.4, -0.2) is 28.3 Å². The molecular weight excluding hydrogens is 426 g/mol. The fourth-order valence-corrected chi connectivity index (χ4v) is 5.18. The highest BCUT2D eigenvalue weighted by molar-refractivity contribution is 5.94. The standard InChI is InChI=1S/C25H28F2N4O2/c1-13-7-15(9-16(28)8-13)23-14(2)11-29-12-22(23)31-25(33)24-19(26)5-6-21(30-24)18-4-3-17(32)10-20(18)27/h3-6,10-16,23,32H,7-9,28H2,1-2H3,(H,31,33)/t13-,14?,15+,16-,23?/m0/s1. The number of nitrogens with zero attached hydrogens (tertiary/aromatic N) is 2. The number of phenolic OH excluding ortho intramolecular Hbond substituents is 1. The number of aromatic nitrogens is 1. The van der Waals surface area contributed by atoms with E-state index in [9.17, 15) is 18.7 Å². The molecule has 1 aromatic heterocycles. The Balaban J connectivity index is 1.60. The molecule has 0 radical (unpaired) electrons. The molecular formula is C25H28F2N4O2. The second kappa shape index (κ2) is 9.39. The molecule has 1 aromatic carbocycles. The lowest BCUT2D eigenvalue weighted by atomic mass is 9.69. The van der Waals surface area contributed by atoms with Gasteiger partial charge in [-0.3, -0.25) is 9.79 Å². The van der Waals surface area contributed by atoms with Crippen LogP contribution in [0, 0.1) is 35.3 Å². The van der Waals surface area contributed by atoms with E-state index < -0.39 is 23.2 Å². The molecule has 1 saturated carbocycles. The van der Waals surface area contributed by atoms with Crippen molar-refractivity contribution in [3.05, 3.63) is 59.6 Å². The average Bonchev–Trinajstić information content (AvgIpc) is 2.73. The second-order valence-electron chi connectivity index (χ2n) is 9.25. The predicted octanol–water partition coefficient (Wildman–Crippen LogP) is 4.40. The molecule has 4 N–H and O–H groups in total. The molecule has 8 heteroatoms. The van der Waals surface area contributed by atoms with Crippen LogP contribution in [0.25, 0.3) is 11.3 Å². The summed E-state index contributed by atoms with van der Waals surface area (Å²) in [5, 5.41) is 12.2. The maximum Gasteiger partial charge on any atom is 0.277 e. The summed E-state index contributed by atoms with van der Waals surface area (Å²) in [5.74, 6) is -1.65. The Morgan fingerprint density at radius 2 is 1.91 bits per heavy atom. The molecule has 1 aliphatic heterocycles. The number of benzene rings is 1. The van der Waals surface area contributed by atoms with Crippen LogP contribution in [0.1, 0.15) is 43.6 Å². The van der Waals surface area contributed by atoms with E-state index >= 15 is 0 Å². The highest BCUT2D eigenvalue weighted by atomic mass is 19.1. The first-order chi connectivity index (χ1) is 15.7. The van der Waals surface area contributed by atoms with Crippen molar-refractivity contribution in [1.29, 1.82) is 0 Å². The first kappa shape index (κ1) is 23.0. The minimum atomic E-state index is -0.812. The van der Waals surface area contributed by atoms with Gasteiger partial charge in [0.15, 0.2) is 11.5 Å². The quantitative estimate of drug-likeness (QED) is 0.637. The fourth-order valence-electron chi connectivity index (χ4n) is 5.18. The van der Waals surface area contributed by atoms with E-state index in [1.165, 1.54) is 18.2 Å². The van der Waals surface area contributed by atoms with Gasteiger partial charge >= 0.3 is 0 Å². The first-order valence-corrected chi connectivity index (χ1v) is 11.2. The van der Waals surface area contributed by atoms with Gasteiger partial charge in [-0.1, -0.05) is 13.8 Å². The molecule has 5 atom stereocenters. The van der Waals surface area contributed by atoms with Gasteiger partial charge in [-0.15, -0.1) is 0 Å². The Labute approximate surface area is 191 Å². The van der Waals surface area contributed by atoms with Gasteiger partial charge in [0.05, 0.1) is 5.69 Å². The van der Waals surface area contributed by atoms with Crippen LogP contribution in [0.15, 0.2) is 47.2 Å². The summed E-state index contributed by atoms with van der Waals surface area (Å²) in [7, 11) is 0. The van der Waals surface area contributed by atoms with Gasteiger partial charge in [-0.25, -0.2) is 13.8 Å². The van der Waals surface area contributed by atoms with E-state index in [1.807, 2.05) is 13.1 Å². The van der Waals surface area contributed by atoms with Crippen molar-refractivity contribution in [3.63, 3.8) is 0 Å². The van der Waals surface area contributed by atoms with Gasteiger partial charge < -0.3 is 16.2 Å². The zero-order valence-corrected chi connectivity index (χ0v) is 18.6. The highest BCUT2D eigenvalue weighted by Gasteiger charge is 2.37. The van der Waals surface area contributed by atoms with Crippen molar-refractivity contribution in [1.82, 2.24) is 10.3 Å². The summed E-state index contributed by atoms with van der Waals surface area (Å²) in [5.41, 5.74) is 6.60. The number of carbonyl (C=O) groups excluding carboxylic acids is 1. The zero-order valence-electron chi connectivity index (χ0n) is 18.6. The number of pyridine rings is 1. The number of halogens is 2. The third kappa shape index (κ3) is 4.95. The molecule has 2 heterocycles. The van der Waals surface area contributed by atoms with Crippen LogP contribution in [-0.2, 0) is 0 Å². The molecule has 174 valence electrons. The van der Waals surface area contributed by atoms with Gasteiger partial charge in [0.25, 0.3) is 5.91 Å². The second-order valence-corrected chi connectivity index (χ2v) is 9.25. The maximum atomic E-state index is 14.6. The number of aliphatic imine (C=N–C) groups is 1. The number of nitrogens with two attached hydrogens (primary N) is 1. The van der Waals surface area contributed by atoms with Gasteiger partial charge in [-0.05, 0) is 55.4 Å². The van der Waals surface area contributed by atoms with E-state index in [0.717, 1.165) is 31.4 Å². The van der Waals surface area contributed by atoms with Gasteiger partial charge in [0.2, 0.25) is 0 Å². The third-order valence-corrected chi connectivity index (χ3v) is 6.53. The van der Waals surface area contributed by atoms with E-state index in [1.54, 1.807) is 6.20 Å². The van der Waals surface area contributed by atoms with Crippen LogP contribution in [0.5, 0.6) is 5.75 Å². The van der Waals surface area contributed by atoms with Crippen molar-refractivity contribution in [2.75, 3.05) is 0 Å². The molecule has 2 aromatic rings. The smallest absolute Gasteiger partial charge is 0.277 e. The Morgan fingerprint density at radius 1 is 1.12 bits per heavy atom. The van der Waals surface area contributed by atoms with Crippen molar-refractivity contribution in [2.24, 2.45) is 34.4 Å². The number of amides is 1. The zero-order chi connectivity index (χ0) is 23.7. The molecule has 1 fully saturated rings. The van der Waals surface area contributed by atoms with E-state index in [-0.39, 0.29) is 40.8 Å². The summed E-state index contributed by atoms with van der Waals surface area (Å²) >= 11 is 0. The number of phenols is 1. The lowest BCUT2D eigenvalue weighted by Gasteiger charge is -2.40. The number of hydrogen-bond acceptors (Lipinski definition) is 5. The number of carbonyl (C=O) groups is 1. The Bertz CT molecular complexity index is 1110. The molecule has 33 heavy (non-hydrogen) atoms. The number of rotatable bonds is 4. The normalized spacial score (nSPS) is 27.2. The summed E-state index contributed by atoms with van der Waals surface area (Å²) in [6, 6.07) is 6.05. The predicted molar refractivity (Wildman–Crippen MR) is 122 cm³/mol. The number of aromatic hydroxyl groups is 1. The molecule has 0 saturated heterocycles. The SMILES string of the molecule is CC1C=NC=C(NC(=O)c2nc(-c3ccc(O)cc3F)ccc2F)C1[C@@H]1C[C@H](C)C[C@H](N)C1. The number of nitrogens with one attached hydrogen (secondary N) is 1. The van der Waals surface area contributed by atoms with E-state index in [2.05, 4.69) is 22.2 Å². The fraction of sp³-hybridized carbons (Fsp3) is 0.400. The van der Waals surface area contributed by atoms with Crippen molar-refractivity contribution >= 4 is 12.1 Å². The summed E-state index contributed by atoms with van der Waals surface area (Å²) in [6.07, 6.45) is 6.29. The van der Waals surface area contributed by atoms with Crippen LogP contribution >= 0.6 is 0 Å². The van der Waals surface area contributed by atoms with Gasteiger partial charge in [-0.2, -0.15) is 0 Å². The largest absolute Gasteiger partial charge is 0.508 e. The van der Waals surface area contributed by atoms with Gasteiger partial charge in [0.1, 0.15) is 11.6 Å². The molecule has 4 rings (SSSR count). The molecule has 2 unspecified atom stereocenters. The average molecular weight is 455 g/mol. The maximum absolute atomic E-state index is 14.6. The van der Waals surface area contributed by atoms with E-state index in [4.69, 9.17) is 5.73 Å². The Morgan fingerprint density at radius 3 is 2.64 bits per heavy atom. The molecule has 6 nitrogen and oxygen atoms in total. The topological polar surface area (TPSA) is 101 Å². The van der Waals surface area contributed by atoms with Crippen LogP contribution < -0.4 is 11.1 Å². The van der Waals surface area contributed by atoms with E-state index in [0.29, 0.717) is 11.6 Å². The minimum Gasteiger partial charge on any atom is -0.508 e.